The fourth-order valence-corrected chi connectivity index (χ4v) is 12.7. The molecule has 4 rings (SSSR count). The highest BCUT2D eigenvalue weighted by molar-refractivity contribution is 6.93. The Balaban J connectivity index is 1.82. The maximum Gasteiger partial charge on any atom is 0.118 e. The third-order valence-electron chi connectivity index (χ3n) is 8.81. The summed E-state index contributed by atoms with van der Waals surface area (Å²) in [5.41, 5.74) is 3.09. The van der Waals surface area contributed by atoms with Crippen molar-refractivity contribution >= 4 is 13.3 Å². The summed E-state index contributed by atoms with van der Waals surface area (Å²) in [5, 5.41) is 13.0. The van der Waals surface area contributed by atoms with Crippen molar-refractivity contribution in [1.29, 1.82) is 0 Å². The van der Waals surface area contributed by atoms with Crippen LogP contribution in [0.3, 0.4) is 0 Å². The van der Waals surface area contributed by atoms with Crippen LogP contribution in [0.4, 0.5) is 0 Å². The molecule has 0 spiro atoms. The van der Waals surface area contributed by atoms with E-state index in [1.54, 1.807) is 0 Å². The fraction of sp³-hybridized carbons (Fsp3) is 0.643. The predicted molar refractivity (Wildman–Crippen MR) is 136 cm³/mol. The molecule has 1 N–H and O–H groups in total. The number of rotatable bonds is 5. The standard InChI is InChI=1S/C28H43NOSi/c1-7-31(8-2,26-18-20(3)17-23(27(26)30)28(4,5)6)25-19-24(29-15-11-12-16-29)21-13-9-10-14-22(21)25/h9-10,13-14,17-18,21-22,24-25,30H,7-8,11-12,15-16,19H2,1-6H3. The Hall–Kier alpha value is -1.32. The van der Waals surface area contributed by atoms with E-state index in [4.69, 9.17) is 0 Å². The average Bonchev–Trinajstić information content (AvgIpc) is 3.39. The van der Waals surface area contributed by atoms with Gasteiger partial charge in [0.05, 0.1) is 8.07 Å². The Morgan fingerprint density at radius 2 is 1.61 bits per heavy atom. The van der Waals surface area contributed by atoms with Gasteiger partial charge in [-0.05, 0) is 72.8 Å². The van der Waals surface area contributed by atoms with Gasteiger partial charge in [-0.2, -0.15) is 0 Å². The molecule has 0 radical (unpaired) electrons. The monoisotopic (exact) mass is 437 g/mol. The number of hydrogen-bond acceptors (Lipinski definition) is 2. The number of aromatic hydroxyl groups is 1. The van der Waals surface area contributed by atoms with E-state index in [-0.39, 0.29) is 5.41 Å². The molecule has 2 aliphatic carbocycles. The van der Waals surface area contributed by atoms with Crippen molar-refractivity contribution in [3.63, 3.8) is 0 Å². The smallest absolute Gasteiger partial charge is 0.118 e. The zero-order valence-corrected chi connectivity index (χ0v) is 21.6. The van der Waals surface area contributed by atoms with E-state index in [1.807, 2.05) is 0 Å². The zero-order valence-electron chi connectivity index (χ0n) is 20.6. The summed E-state index contributed by atoms with van der Waals surface area (Å²) in [6.45, 7) is 16.3. The van der Waals surface area contributed by atoms with E-state index in [2.05, 4.69) is 82.9 Å². The number of aryl methyl sites for hydroxylation is 1. The first-order chi connectivity index (χ1) is 14.7. The highest BCUT2D eigenvalue weighted by Crippen LogP contribution is 2.54. The molecule has 1 saturated heterocycles. The van der Waals surface area contributed by atoms with E-state index in [0.29, 0.717) is 29.2 Å². The molecule has 1 heterocycles. The van der Waals surface area contributed by atoms with Gasteiger partial charge in [-0.3, -0.25) is 4.90 Å². The lowest BCUT2D eigenvalue weighted by Crippen LogP contribution is -2.52. The van der Waals surface area contributed by atoms with E-state index in [9.17, 15) is 5.11 Å². The Morgan fingerprint density at radius 3 is 2.19 bits per heavy atom. The van der Waals surface area contributed by atoms with Crippen LogP contribution in [0.15, 0.2) is 36.4 Å². The lowest BCUT2D eigenvalue weighted by Gasteiger charge is -2.41. The summed E-state index contributed by atoms with van der Waals surface area (Å²) >= 11 is 0. The van der Waals surface area contributed by atoms with Gasteiger partial charge in [-0.15, -0.1) is 0 Å². The van der Waals surface area contributed by atoms with Crippen LogP contribution in [0.1, 0.15) is 65.0 Å². The summed E-state index contributed by atoms with van der Waals surface area (Å²) < 4.78 is 0. The van der Waals surface area contributed by atoms with Crippen LogP contribution in [0.25, 0.3) is 0 Å². The summed E-state index contributed by atoms with van der Waals surface area (Å²) in [4.78, 5) is 2.79. The van der Waals surface area contributed by atoms with Crippen LogP contribution in [0.5, 0.6) is 5.75 Å². The van der Waals surface area contributed by atoms with E-state index in [1.165, 1.54) is 55.2 Å². The van der Waals surface area contributed by atoms with Crippen LogP contribution in [0.2, 0.25) is 17.6 Å². The Labute approximate surface area is 191 Å². The number of likely N-dealkylation sites (tertiary alicyclic amines) is 1. The molecule has 3 aliphatic rings. The van der Waals surface area contributed by atoms with Gasteiger partial charge in [-0.25, -0.2) is 0 Å². The minimum absolute atomic E-state index is 0.0454. The molecule has 0 amide bonds. The first kappa shape index (κ1) is 22.9. The molecule has 4 atom stereocenters. The largest absolute Gasteiger partial charge is 0.508 e. The lowest BCUT2D eigenvalue weighted by atomic mass is 9.85. The average molecular weight is 438 g/mol. The molecule has 31 heavy (non-hydrogen) atoms. The molecule has 4 unspecified atom stereocenters. The van der Waals surface area contributed by atoms with Crippen LogP contribution < -0.4 is 5.19 Å². The molecular formula is C28H43NOSi. The normalized spacial score (nSPS) is 29.0. The lowest BCUT2D eigenvalue weighted by molar-refractivity contribution is 0.210. The van der Waals surface area contributed by atoms with Crippen LogP contribution in [0, 0.1) is 18.8 Å². The molecule has 1 saturated carbocycles. The molecular weight excluding hydrogens is 394 g/mol. The number of phenols is 1. The molecule has 1 aromatic rings. The third kappa shape index (κ3) is 3.86. The van der Waals surface area contributed by atoms with Gasteiger partial charge in [0.25, 0.3) is 0 Å². The Bertz CT molecular complexity index is 854. The molecule has 1 aliphatic heterocycles. The second kappa shape index (κ2) is 8.55. The van der Waals surface area contributed by atoms with Gasteiger partial charge >= 0.3 is 0 Å². The van der Waals surface area contributed by atoms with Crippen LogP contribution in [-0.2, 0) is 5.41 Å². The van der Waals surface area contributed by atoms with E-state index >= 15 is 0 Å². The number of allylic oxidation sites excluding steroid dienone is 3. The molecule has 2 nitrogen and oxygen atoms in total. The van der Waals surface area contributed by atoms with Crippen molar-refractivity contribution in [2.45, 2.75) is 89.9 Å². The topological polar surface area (TPSA) is 23.5 Å². The summed E-state index contributed by atoms with van der Waals surface area (Å²) in [6.07, 6.45) is 13.6. The molecule has 170 valence electrons. The van der Waals surface area contributed by atoms with Gasteiger partial charge in [0.2, 0.25) is 0 Å². The molecule has 1 aromatic carbocycles. The van der Waals surface area contributed by atoms with Gasteiger partial charge in [0.15, 0.2) is 0 Å². The van der Waals surface area contributed by atoms with Crippen LogP contribution in [-0.4, -0.2) is 37.2 Å². The second-order valence-electron chi connectivity index (χ2n) is 11.4. The minimum atomic E-state index is -1.94. The first-order valence-corrected chi connectivity index (χ1v) is 15.2. The summed E-state index contributed by atoms with van der Waals surface area (Å²) in [6, 6.07) is 7.68. The van der Waals surface area contributed by atoms with Gasteiger partial charge in [-0.1, -0.05) is 88.7 Å². The summed E-state index contributed by atoms with van der Waals surface area (Å²) in [5.74, 6) is 1.89. The maximum absolute atomic E-state index is 11.7. The van der Waals surface area contributed by atoms with Crippen molar-refractivity contribution in [3.8, 4) is 5.75 Å². The van der Waals surface area contributed by atoms with Crippen molar-refractivity contribution < 1.29 is 5.11 Å². The van der Waals surface area contributed by atoms with Crippen molar-refractivity contribution in [1.82, 2.24) is 4.90 Å². The zero-order chi connectivity index (χ0) is 22.4. The molecule has 3 heteroatoms. The van der Waals surface area contributed by atoms with Crippen LogP contribution >= 0.6 is 0 Å². The number of benzene rings is 1. The molecule has 2 fully saturated rings. The molecule has 0 bridgehead atoms. The third-order valence-corrected chi connectivity index (χ3v) is 14.8. The highest BCUT2D eigenvalue weighted by atomic mass is 28.3. The Kier molecular flexibility index (Phi) is 6.31. The minimum Gasteiger partial charge on any atom is -0.508 e. The van der Waals surface area contributed by atoms with E-state index in [0.717, 1.165) is 5.56 Å². The molecule has 0 aromatic heterocycles. The maximum atomic E-state index is 11.7. The van der Waals surface area contributed by atoms with Crippen molar-refractivity contribution in [2.75, 3.05) is 13.1 Å². The van der Waals surface area contributed by atoms with Gasteiger partial charge < -0.3 is 5.11 Å². The predicted octanol–water partition coefficient (Wildman–Crippen LogP) is 6.29. The number of fused-ring (bicyclic) bond motifs is 1. The number of phenolic OH excluding ortho intramolecular Hbond substituents is 1. The first-order valence-electron chi connectivity index (χ1n) is 12.7. The van der Waals surface area contributed by atoms with E-state index < -0.39 is 8.07 Å². The SMILES string of the molecule is CC[Si](CC)(c1cc(C)cc(C(C)(C)C)c1O)C1CC(N2CCCC2)C2C=CC=CC21. The van der Waals surface area contributed by atoms with Gasteiger partial charge in [0, 0.05) is 6.04 Å². The highest BCUT2D eigenvalue weighted by Gasteiger charge is 2.54. The second-order valence-corrected chi connectivity index (χ2v) is 16.4. The summed E-state index contributed by atoms with van der Waals surface area (Å²) in [7, 11) is -1.94. The van der Waals surface area contributed by atoms with Crippen molar-refractivity contribution in [2.24, 2.45) is 11.8 Å². The number of nitrogens with zero attached hydrogens (tertiary/aromatic N) is 1. The quantitative estimate of drug-likeness (QED) is 0.547. The van der Waals surface area contributed by atoms with Crippen molar-refractivity contribution in [3.05, 3.63) is 47.6 Å². The van der Waals surface area contributed by atoms with Gasteiger partial charge in [0.1, 0.15) is 5.75 Å². The number of hydrogen-bond donors (Lipinski definition) is 1. The Morgan fingerprint density at radius 1 is 1.00 bits per heavy atom. The fourth-order valence-electron chi connectivity index (χ4n) is 7.15.